The van der Waals surface area contributed by atoms with Crippen molar-refractivity contribution in [2.24, 2.45) is 5.84 Å². The molecule has 0 radical (unpaired) electrons. The molecule has 21 heavy (non-hydrogen) atoms. The highest BCUT2D eigenvalue weighted by Gasteiger charge is 2.12. The van der Waals surface area contributed by atoms with Gasteiger partial charge in [0.1, 0.15) is 16.3 Å². The van der Waals surface area contributed by atoms with Crippen LogP contribution in [-0.2, 0) is 0 Å². The maximum absolute atomic E-state index is 5.87. The van der Waals surface area contributed by atoms with Gasteiger partial charge >= 0.3 is 0 Å². The van der Waals surface area contributed by atoms with Crippen LogP contribution in [0.1, 0.15) is 4.88 Å². The highest BCUT2D eigenvalue weighted by molar-refractivity contribution is 7.18. The molecular formula is C14H14N4O2S. The van der Waals surface area contributed by atoms with Crippen molar-refractivity contribution in [2.75, 3.05) is 12.5 Å². The first kappa shape index (κ1) is 13.6. The van der Waals surface area contributed by atoms with Crippen molar-refractivity contribution in [3.63, 3.8) is 0 Å². The number of nitrogens with one attached hydrogen (secondary N) is 1. The first-order valence-electron chi connectivity index (χ1n) is 6.26. The van der Waals surface area contributed by atoms with Crippen LogP contribution in [0, 0.1) is 6.92 Å². The number of hydrogen-bond donors (Lipinski definition) is 2. The third kappa shape index (κ3) is 2.74. The summed E-state index contributed by atoms with van der Waals surface area (Å²) in [6.07, 6.45) is 0. The predicted octanol–water partition coefficient (Wildman–Crippen LogP) is 3.09. The number of aromatic nitrogens is 2. The van der Waals surface area contributed by atoms with Crippen molar-refractivity contribution in [2.45, 2.75) is 6.92 Å². The molecule has 0 spiro atoms. The van der Waals surface area contributed by atoms with E-state index in [-0.39, 0.29) is 0 Å². The van der Waals surface area contributed by atoms with E-state index in [1.54, 1.807) is 24.5 Å². The average molecular weight is 302 g/mol. The Bertz CT molecular complexity index is 788. The molecule has 0 aliphatic heterocycles. The maximum atomic E-state index is 5.87. The van der Waals surface area contributed by atoms with Gasteiger partial charge < -0.3 is 9.47 Å². The fraction of sp³-hybridized carbons (Fsp3) is 0.143. The number of hydrazine groups is 1. The third-order valence-corrected chi connectivity index (χ3v) is 3.81. The Morgan fingerprint density at radius 1 is 1.19 bits per heavy atom. The summed E-state index contributed by atoms with van der Waals surface area (Å²) in [5, 5.41) is 0.860. The fourth-order valence-electron chi connectivity index (χ4n) is 1.93. The van der Waals surface area contributed by atoms with Crippen LogP contribution in [0.25, 0.3) is 10.2 Å². The first-order chi connectivity index (χ1) is 10.2. The van der Waals surface area contributed by atoms with Crippen molar-refractivity contribution in [3.8, 4) is 17.4 Å². The Kier molecular flexibility index (Phi) is 3.59. The third-order valence-electron chi connectivity index (χ3n) is 2.87. The molecule has 1 aromatic carbocycles. The van der Waals surface area contributed by atoms with Crippen molar-refractivity contribution in [1.29, 1.82) is 0 Å². The summed E-state index contributed by atoms with van der Waals surface area (Å²) in [4.78, 5) is 10.6. The number of fused-ring (bicyclic) bond motifs is 1. The predicted molar refractivity (Wildman–Crippen MR) is 83.0 cm³/mol. The summed E-state index contributed by atoms with van der Waals surface area (Å²) in [5.41, 5.74) is 2.46. The van der Waals surface area contributed by atoms with Crippen molar-refractivity contribution < 1.29 is 9.47 Å². The van der Waals surface area contributed by atoms with Crippen molar-refractivity contribution in [1.82, 2.24) is 9.97 Å². The van der Waals surface area contributed by atoms with Crippen LogP contribution in [0.3, 0.4) is 0 Å². The number of nitrogens with zero attached hydrogens (tertiary/aromatic N) is 2. The number of aryl methyl sites for hydroxylation is 1. The van der Waals surface area contributed by atoms with Crippen LogP contribution in [0.2, 0.25) is 0 Å². The quantitative estimate of drug-likeness (QED) is 0.569. The average Bonchev–Trinajstić information content (AvgIpc) is 2.88. The van der Waals surface area contributed by atoms with Gasteiger partial charge in [-0.3, -0.25) is 5.43 Å². The Morgan fingerprint density at radius 2 is 2.00 bits per heavy atom. The number of anilines is 1. The molecule has 3 rings (SSSR count). The zero-order chi connectivity index (χ0) is 14.8. The molecular weight excluding hydrogens is 288 g/mol. The van der Waals surface area contributed by atoms with Crippen LogP contribution in [-0.4, -0.2) is 17.1 Å². The molecule has 2 aromatic heterocycles. The molecule has 0 bridgehead atoms. The van der Waals surface area contributed by atoms with Gasteiger partial charge in [-0.1, -0.05) is 6.07 Å². The molecule has 108 valence electrons. The number of ether oxygens (including phenoxy) is 2. The van der Waals surface area contributed by atoms with E-state index >= 15 is 0 Å². The number of nitrogen functional groups attached to an aromatic ring is 1. The first-order valence-corrected chi connectivity index (χ1v) is 7.08. The maximum Gasteiger partial charge on any atom is 0.241 e. The number of hydrogen-bond acceptors (Lipinski definition) is 7. The van der Waals surface area contributed by atoms with E-state index in [4.69, 9.17) is 15.3 Å². The molecule has 0 atom stereocenters. The van der Waals surface area contributed by atoms with E-state index in [1.807, 2.05) is 31.2 Å². The van der Waals surface area contributed by atoms with Gasteiger partial charge in [-0.2, -0.15) is 4.98 Å². The van der Waals surface area contributed by atoms with Crippen LogP contribution in [0.4, 0.5) is 5.95 Å². The number of benzene rings is 1. The zero-order valence-electron chi connectivity index (χ0n) is 11.6. The van der Waals surface area contributed by atoms with Crippen LogP contribution in [0.5, 0.6) is 17.4 Å². The SMILES string of the molecule is COc1cccc(Oc2nc(NN)nc3sc(C)cc23)c1. The Hall–Kier alpha value is -2.38. The van der Waals surface area contributed by atoms with E-state index in [1.165, 1.54) is 0 Å². The lowest BCUT2D eigenvalue weighted by Gasteiger charge is -2.08. The Labute approximate surface area is 125 Å². The van der Waals surface area contributed by atoms with E-state index < -0.39 is 0 Å². The normalized spacial score (nSPS) is 10.6. The topological polar surface area (TPSA) is 82.3 Å². The standard InChI is InChI=1S/C14H14N4O2S/c1-8-6-11-12(16-14(18-15)17-13(11)21-8)20-10-5-3-4-9(7-10)19-2/h3-7H,15H2,1-2H3,(H,16,17,18). The van der Waals surface area contributed by atoms with Gasteiger partial charge in [0.2, 0.25) is 11.8 Å². The summed E-state index contributed by atoms with van der Waals surface area (Å²) < 4.78 is 11.1. The molecule has 3 aromatic rings. The second-order valence-electron chi connectivity index (χ2n) is 4.35. The largest absolute Gasteiger partial charge is 0.497 e. The van der Waals surface area contributed by atoms with Crippen LogP contribution < -0.4 is 20.7 Å². The second-order valence-corrected chi connectivity index (χ2v) is 5.59. The smallest absolute Gasteiger partial charge is 0.241 e. The molecule has 7 heteroatoms. The molecule has 0 amide bonds. The minimum absolute atomic E-state index is 0.322. The number of methoxy groups -OCH3 is 1. The molecule has 0 aliphatic rings. The minimum atomic E-state index is 0.322. The summed E-state index contributed by atoms with van der Waals surface area (Å²) in [5.74, 6) is 7.55. The summed E-state index contributed by atoms with van der Waals surface area (Å²) in [6, 6.07) is 9.33. The minimum Gasteiger partial charge on any atom is -0.497 e. The van der Waals surface area contributed by atoms with E-state index in [9.17, 15) is 0 Å². The molecule has 0 saturated carbocycles. The second kappa shape index (κ2) is 5.55. The summed E-state index contributed by atoms with van der Waals surface area (Å²) in [7, 11) is 1.61. The van der Waals surface area contributed by atoms with Gasteiger partial charge in [0, 0.05) is 10.9 Å². The van der Waals surface area contributed by atoms with E-state index in [0.29, 0.717) is 17.6 Å². The van der Waals surface area contributed by atoms with E-state index in [2.05, 4.69) is 15.4 Å². The number of nitrogens with two attached hydrogens (primary N) is 1. The molecule has 0 unspecified atom stereocenters. The number of rotatable bonds is 4. The summed E-state index contributed by atoms with van der Waals surface area (Å²) >= 11 is 1.56. The van der Waals surface area contributed by atoms with E-state index in [0.717, 1.165) is 20.8 Å². The molecule has 2 heterocycles. The monoisotopic (exact) mass is 302 g/mol. The van der Waals surface area contributed by atoms with Gasteiger partial charge in [0.05, 0.1) is 12.5 Å². The zero-order valence-corrected chi connectivity index (χ0v) is 12.4. The number of thiophene rings is 1. The highest BCUT2D eigenvalue weighted by atomic mass is 32.1. The highest BCUT2D eigenvalue weighted by Crippen LogP contribution is 2.34. The van der Waals surface area contributed by atoms with Crippen LogP contribution in [0.15, 0.2) is 30.3 Å². The van der Waals surface area contributed by atoms with Crippen LogP contribution >= 0.6 is 11.3 Å². The van der Waals surface area contributed by atoms with Crippen molar-refractivity contribution >= 4 is 27.5 Å². The lowest BCUT2D eigenvalue weighted by atomic mass is 10.3. The van der Waals surface area contributed by atoms with Gasteiger partial charge in [0.25, 0.3) is 0 Å². The van der Waals surface area contributed by atoms with Gasteiger partial charge in [-0.15, -0.1) is 11.3 Å². The molecule has 0 fully saturated rings. The lowest BCUT2D eigenvalue weighted by Crippen LogP contribution is -2.10. The van der Waals surface area contributed by atoms with Gasteiger partial charge in [0.15, 0.2) is 0 Å². The summed E-state index contributed by atoms with van der Waals surface area (Å²) in [6.45, 7) is 2.01. The molecule has 0 aliphatic carbocycles. The van der Waals surface area contributed by atoms with Crippen molar-refractivity contribution in [3.05, 3.63) is 35.2 Å². The molecule has 0 saturated heterocycles. The van der Waals surface area contributed by atoms with Gasteiger partial charge in [-0.05, 0) is 25.1 Å². The molecule has 6 nitrogen and oxygen atoms in total. The fourth-order valence-corrected chi connectivity index (χ4v) is 2.80. The molecule has 3 N–H and O–H groups in total. The Morgan fingerprint density at radius 3 is 2.76 bits per heavy atom. The van der Waals surface area contributed by atoms with Gasteiger partial charge in [-0.25, -0.2) is 10.8 Å². The Balaban J connectivity index is 2.05. The lowest BCUT2D eigenvalue weighted by molar-refractivity contribution is 0.408.